The number of benzene rings is 1. The van der Waals surface area contributed by atoms with Crippen LogP contribution in [-0.2, 0) is 24.4 Å². The molecule has 3 rings (SSSR count). The molecule has 1 aromatic carbocycles. The molecule has 2 aromatic rings. The van der Waals surface area contributed by atoms with Crippen molar-refractivity contribution in [3.05, 3.63) is 41.2 Å². The van der Waals surface area contributed by atoms with Gasteiger partial charge in [-0.25, -0.2) is 13.4 Å². The van der Waals surface area contributed by atoms with E-state index >= 15 is 0 Å². The van der Waals surface area contributed by atoms with Gasteiger partial charge in [0.25, 0.3) is 5.91 Å². The van der Waals surface area contributed by atoms with Gasteiger partial charge in [-0.15, -0.1) is 0 Å². The number of carboxylic acids is 1. The molecule has 13 heteroatoms. The maximum Gasteiger partial charge on any atom is 0.323 e. The van der Waals surface area contributed by atoms with Crippen molar-refractivity contribution in [2.75, 3.05) is 18.4 Å². The number of aromatic nitrogens is 2. The predicted octanol–water partition coefficient (Wildman–Crippen LogP) is 0.830. The first-order valence-electron chi connectivity index (χ1n) is 10.6. The molecule has 2 heterocycles. The lowest BCUT2D eigenvalue weighted by atomic mass is 10.1. The molecule has 0 fully saturated rings. The van der Waals surface area contributed by atoms with Gasteiger partial charge in [0.2, 0.25) is 16.1 Å². The van der Waals surface area contributed by atoms with Crippen LogP contribution in [-0.4, -0.2) is 66.3 Å². The molecule has 5 N–H and O–H groups in total. The Balaban J connectivity index is 1.52. The summed E-state index contributed by atoms with van der Waals surface area (Å²) in [6.45, 7) is 5.21. The molecule has 0 aliphatic carbocycles. The maximum absolute atomic E-state index is 12.9. The van der Waals surface area contributed by atoms with E-state index in [1.807, 2.05) is 6.92 Å². The second kappa shape index (κ2) is 10.7. The highest BCUT2D eigenvalue weighted by molar-refractivity contribution is 7.89. The molecular weight excluding hydrogens is 464 g/mol. The van der Waals surface area contributed by atoms with Crippen molar-refractivity contribution >= 4 is 33.6 Å². The zero-order chi connectivity index (χ0) is 24.9. The quantitative estimate of drug-likeness (QED) is 0.306. The van der Waals surface area contributed by atoms with Crippen LogP contribution in [0.2, 0.25) is 0 Å². The number of sulfonamides is 1. The van der Waals surface area contributed by atoms with Crippen LogP contribution in [0.25, 0.3) is 0 Å². The Morgan fingerprint density at radius 2 is 1.97 bits per heavy atom. The maximum atomic E-state index is 12.9. The molecule has 2 atom stereocenters. The zero-order valence-corrected chi connectivity index (χ0v) is 19.9. The summed E-state index contributed by atoms with van der Waals surface area (Å²) >= 11 is 0. The van der Waals surface area contributed by atoms with Crippen LogP contribution in [0.4, 0.5) is 5.95 Å². The Hall–Kier alpha value is -3.45. The second-order valence-corrected chi connectivity index (χ2v) is 9.71. The number of carboxylic acid groups (broad SMARTS) is 1. The topological polar surface area (TPSA) is 175 Å². The standard InChI is InChI=1S/C21H28N6O6S/c1-12-8-13(2)18(14(3)9-12)34(31,32)27-16(20(29)30)11-25-19(28)17-10-15(26-33-17)4-5-22-21-23-6-7-24-21/h6-9,16-17,27H,4-5,10-11H2,1-3H3,(H,25,28)(H,29,30)(H2,22,23,24). The lowest BCUT2D eigenvalue weighted by Crippen LogP contribution is -2.50. The van der Waals surface area contributed by atoms with E-state index in [0.717, 1.165) is 5.56 Å². The van der Waals surface area contributed by atoms with Crippen LogP contribution < -0.4 is 15.4 Å². The Morgan fingerprint density at radius 3 is 2.59 bits per heavy atom. The summed E-state index contributed by atoms with van der Waals surface area (Å²) in [5.74, 6) is -1.38. The van der Waals surface area contributed by atoms with E-state index in [-0.39, 0.29) is 11.3 Å². The Labute approximate surface area is 197 Å². The summed E-state index contributed by atoms with van der Waals surface area (Å²) in [6.07, 6.45) is 3.17. The largest absolute Gasteiger partial charge is 0.480 e. The minimum absolute atomic E-state index is 0.0241. The molecule has 1 amide bonds. The van der Waals surface area contributed by atoms with E-state index in [1.54, 1.807) is 38.4 Å². The highest BCUT2D eigenvalue weighted by atomic mass is 32.2. The predicted molar refractivity (Wildman–Crippen MR) is 124 cm³/mol. The van der Waals surface area contributed by atoms with E-state index in [1.165, 1.54) is 0 Å². The van der Waals surface area contributed by atoms with Crippen molar-refractivity contribution in [3.63, 3.8) is 0 Å². The van der Waals surface area contributed by atoms with Gasteiger partial charge in [0, 0.05) is 38.3 Å². The first kappa shape index (κ1) is 25.2. The third-order valence-corrected chi connectivity index (χ3v) is 6.95. The van der Waals surface area contributed by atoms with Crippen LogP contribution in [0, 0.1) is 20.8 Å². The second-order valence-electron chi connectivity index (χ2n) is 8.06. The van der Waals surface area contributed by atoms with Gasteiger partial charge in [-0.05, 0) is 31.9 Å². The van der Waals surface area contributed by atoms with Crippen molar-refractivity contribution in [2.45, 2.75) is 50.7 Å². The van der Waals surface area contributed by atoms with Crippen LogP contribution in [0.1, 0.15) is 29.5 Å². The first-order chi connectivity index (χ1) is 16.1. The molecule has 1 aromatic heterocycles. The normalized spacial score (nSPS) is 16.4. The summed E-state index contributed by atoms with van der Waals surface area (Å²) in [6, 6.07) is 1.85. The first-order valence-corrected chi connectivity index (χ1v) is 12.1. The number of rotatable bonds is 11. The van der Waals surface area contributed by atoms with Gasteiger partial charge in [0.05, 0.1) is 10.6 Å². The summed E-state index contributed by atoms with van der Waals surface area (Å²) in [7, 11) is -4.14. The molecule has 1 aliphatic rings. The fourth-order valence-corrected chi connectivity index (χ4v) is 5.38. The van der Waals surface area contributed by atoms with Crippen LogP contribution in [0.15, 0.2) is 34.6 Å². The third-order valence-electron chi connectivity index (χ3n) is 5.18. The van der Waals surface area contributed by atoms with E-state index in [9.17, 15) is 23.1 Å². The molecule has 2 unspecified atom stereocenters. The van der Waals surface area contributed by atoms with Gasteiger partial charge in [0.15, 0.2) is 5.95 Å². The van der Waals surface area contributed by atoms with Gasteiger partial charge in [-0.3, -0.25) is 9.59 Å². The van der Waals surface area contributed by atoms with Gasteiger partial charge in [0.1, 0.15) is 6.04 Å². The van der Waals surface area contributed by atoms with Gasteiger partial charge < -0.3 is 25.6 Å². The molecule has 0 spiro atoms. The van der Waals surface area contributed by atoms with Crippen molar-refractivity contribution in [1.82, 2.24) is 20.0 Å². The van der Waals surface area contributed by atoms with E-state index < -0.39 is 40.6 Å². The molecule has 0 saturated heterocycles. The van der Waals surface area contributed by atoms with Crippen molar-refractivity contribution in [2.24, 2.45) is 5.16 Å². The smallest absolute Gasteiger partial charge is 0.323 e. The average molecular weight is 493 g/mol. The van der Waals surface area contributed by atoms with Gasteiger partial charge in [-0.2, -0.15) is 4.72 Å². The summed E-state index contributed by atoms with van der Waals surface area (Å²) in [5, 5.41) is 18.9. The molecule has 0 radical (unpaired) electrons. The van der Waals surface area contributed by atoms with E-state index in [0.29, 0.717) is 35.8 Å². The molecule has 184 valence electrons. The number of carbonyl (C=O) groups is 2. The summed E-state index contributed by atoms with van der Waals surface area (Å²) < 4.78 is 28.0. The summed E-state index contributed by atoms with van der Waals surface area (Å²) in [4.78, 5) is 36.3. The Morgan fingerprint density at radius 1 is 1.26 bits per heavy atom. The SMILES string of the molecule is Cc1cc(C)c(S(=O)(=O)NC(CNC(=O)C2CC(CCNc3ncc[nH]3)=NO2)C(=O)O)c(C)c1. The van der Waals surface area contributed by atoms with E-state index in [2.05, 4.69) is 30.5 Å². The number of nitrogens with one attached hydrogen (secondary N) is 4. The number of aliphatic carboxylic acids is 1. The Bertz CT molecular complexity index is 1160. The number of H-pyrrole nitrogens is 1. The minimum Gasteiger partial charge on any atom is -0.480 e. The fraction of sp³-hybridized carbons (Fsp3) is 0.429. The van der Waals surface area contributed by atoms with Crippen molar-refractivity contribution < 1.29 is 28.0 Å². The number of aromatic amines is 1. The lowest BCUT2D eigenvalue weighted by molar-refractivity contribution is -0.139. The number of hydrogen-bond donors (Lipinski definition) is 5. The Kier molecular flexibility index (Phi) is 7.89. The average Bonchev–Trinajstić information content (AvgIpc) is 3.42. The third kappa shape index (κ3) is 6.32. The monoisotopic (exact) mass is 492 g/mol. The molecule has 0 bridgehead atoms. The number of hydrogen-bond acceptors (Lipinski definition) is 8. The van der Waals surface area contributed by atoms with Crippen LogP contribution >= 0.6 is 0 Å². The highest BCUT2D eigenvalue weighted by Gasteiger charge is 2.31. The highest BCUT2D eigenvalue weighted by Crippen LogP contribution is 2.22. The number of oxime groups is 1. The van der Waals surface area contributed by atoms with Crippen molar-refractivity contribution in [3.8, 4) is 0 Å². The number of amides is 1. The van der Waals surface area contributed by atoms with Gasteiger partial charge in [-0.1, -0.05) is 22.9 Å². The number of imidazole rings is 1. The van der Waals surface area contributed by atoms with Crippen molar-refractivity contribution in [1.29, 1.82) is 0 Å². The number of carbonyl (C=O) groups excluding carboxylic acids is 1. The van der Waals surface area contributed by atoms with Crippen LogP contribution in [0.5, 0.6) is 0 Å². The molecule has 0 saturated carbocycles. The van der Waals surface area contributed by atoms with Crippen LogP contribution in [0.3, 0.4) is 0 Å². The number of aryl methyl sites for hydroxylation is 3. The molecule has 1 aliphatic heterocycles. The lowest BCUT2D eigenvalue weighted by Gasteiger charge is -2.19. The number of nitrogens with zero attached hydrogens (tertiary/aromatic N) is 2. The zero-order valence-electron chi connectivity index (χ0n) is 19.1. The van der Waals surface area contributed by atoms with Gasteiger partial charge >= 0.3 is 5.97 Å². The summed E-state index contributed by atoms with van der Waals surface area (Å²) in [5.41, 5.74) is 2.57. The fourth-order valence-electron chi connectivity index (χ4n) is 3.73. The number of anilines is 1. The molecule has 34 heavy (non-hydrogen) atoms. The van der Waals surface area contributed by atoms with E-state index in [4.69, 9.17) is 4.84 Å². The minimum atomic E-state index is -4.14. The molecule has 12 nitrogen and oxygen atoms in total. The molecular formula is C21H28N6O6S.